The SMILES string of the molecule is C1=c2ccc3c(c2=1)c1ccccc1n3-c1cccc(-c2nc3cc(-c4nc(-c5ccccc5)nc(-c5ccccc5)n4)ccc3o2)c1. The molecule has 1 aliphatic carbocycles. The van der Waals surface area contributed by atoms with Gasteiger partial charge < -0.3 is 8.98 Å². The summed E-state index contributed by atoms with van der Waals surface area (Å²) < 4.78 is 8.63. The Balaban J connectivity index is 1.07. The molecule has 3 aromatic heterocycles. The van der Waals surface area contributed by atoms with E-state index in [1.807, 2.05) is 84.9 Å². The van der Waals surface area contributed by atoms with Gasteiger partial charge in [0.15, 0.2) is 23.1 Å². The van der Waals surface area contributed by atoms with E-state index in [1.165, 1.54) is 21.2 Å². The molecule has 10 rings (SSSR count). The fourth-order valence-electron chi connectivity index (χ4n) is 6.45. The van der Waals surface area contributed by atoms with Crippen LogP contribution in [0.2, 0.25) is 0 Å². The lowest BCUT2D eigenvalue weighted by Gasteiger charge is -2.08. The van der Waals surface area contributed by atoms with Crippen molar-refractivity contribution >= 4 is 38.6 Å². The van der Waals surface area contributed by atoms with Crippen molar-refractivity contribution in [1.29, 1.82) is 0 Å². The number of oxazole rings is 1. The van der Waals surface area contributed by atoms with Crippen LogP contribution < -0.4 is 10.4 Å². The van der Waals surface area contributed by atoms with Crippen LogP contribution in [0.15, 0.2) is 144 Å². The molecule has 3 heterocycles. The normalized spacial score (nSPS) is 11.8. The molecule has 0 saturated heterocycles. The van der Waals surface area contributed by atoms with Gasteiger partial charge in [-0.1, -0.05) is 84.9 Å². The fourth-order valence-corrected chi connectivity index (χ4v) is 6.45. The Bertz CT molecular complexity index is 2770. The van der Waals surface area contributed by atoms with E-state index in [1.54, 1.807) is 0 Å². The zero-order valence-corrected chi connectivity index (χ0v) is 24.9. The van der Waals surface area contributed by atoms with Crippen molar-refractivity contribution < 1.29 is 4.42 Å². The van der Waals surface area contributed by atoms with Crippen LogP contribution in [0.4, 0.5) is 0 Å². The molecule has 0 atom stereocenters. The second-order valence-electron chi connectivity index (χ2n) is 11.6. The number of benzene rings is 6. The molecular weight excluding hydrogens is 578 g/mol. The molecule has 1 aliphatic rings. The van der Waals surface area contributed by atoms with Crippen molar-refractivity contribution in [3.8, 4) is 51.3 Å². The molecule has 0 bridgehead atoms. The first-order valence-electron chi connectivity index (χ1n) is 15.5. The molecule has 6 heteroatoms. The Kier molecular flexibility index (Phi) is 5.43. The molecule has 0 spiro atoms. The van der Waals surface area contributed by atoms with Gasteiger partial charge in [0.25, 0.3) is 0 Å². The van der Waals surface area contributed by atoms with Crippen molar-refractivity contribution in [2.75, 3.05) is 0 Å². The van der Waals surface area contributed by atoms with Gasteiger partial charge in [0.1, 0.15) is 5.52 Å². The van der Waals surface area contributed by atoms with Crippen LogP contribution >= 0.6 is 0 Å². The third-order valence-corrected chi connectivity index (χ3v) is 8.73. The van der Waals surface area contributed by atoms with E-state index in [4.69, 9.17) is 24.4 Å². The summed E-state index contributed by atoms with van der Waals surface area (Å²) in [6.07, 6.45) is 0. The second-order valence-corrected chi connectivity index (χ2v) is 11.6. The zero-order valence-electron chi connectivity index (χ0n) is 24.9. The van der Waals surface area contributed by atoms with Gasteiger partial charge in [-0.2, -0.15) is 0 Å². The van der Waals surface area contributed by atoms with E-state index < -0.39 is 0 Å². The van der Waals surface area contributed by atoms with E-state index >= 15 is 0 Å². The van der Waals surface area contributed by atoms with Crippen molar-refractivity contribution in [3.05, 3.63) is 150 Å². The van der Waals surface area contributed by atoms with Crippen molar-refractivity contribution in [3.63, 3.8) is 0 Å². The largest absolute Gasteiger partial charge is 0.436 e. The van der Waals surface area contributed by atoms with Gasteiger partial charge >= 0.3 is 0 Å². The lowest BCUT2D eigenvalue weighted by molar-refractivity contribution is 0.620. The summed E-state index contributed by atoms with van der Waals surface area (Å²) >= 11 is 0. The molecule has 0 aliphatic heterocycles. The summed E-state index contributed by atoms with van der Waals surface area (Å²) in [6.45, 7) is 0. The smallest absolute Gasteiger partial charge is 0.227 e. The van der Waals surface area contributed by atoms with Gasteiger partial charge in [0.2, 0.25) is 5.89 Å². The maximum atomic E-state index is 6.32. The van der Waals surface area contributed by atoms with Crippen LogP contribution in [0.1, 0.15) is 0 Å². The van der Waals surface area contributed by atoms with Crippen LogP contribution in [0.3, 0.4) is 0 Å². The van der Waals surface area contributed by atoms with Gasteiger partial charge in [0.05, 0.1) is 11.0 Å². The zero-order chi connectivity index (χ0) is 30.9. The Hall–Kier alpha value is -6.62. The number of aromatic nitrogens is 5. The third kappa shape index (κ3) is 4.21. The van der Waals surface area contributed by atoms with Gasteiger partial charge in [-0.25, -0.2) is 19.9 Å². The highest BCUT2D eigenvalue weighted by atomic mass is 16.3. The first-order chi connectivity index (χ1) is 23.3. The predicted molar refractivity (Wildman–Crippen MR) is 185 cm³/mol. The topological polar surface area (TPSA) is 69.6 Å². The summed E-state index contributed by atoms with van der Waals surface area (Å²) in [5.41, 5.74) is 11.8. The Morgan fingerprint density at radius 1 is 0.511 bits per heavy atom. The number of nitrogens with zero attached hydrogens (tertiary/aromatic N) is 5. The number of hydrogen-bond acceptors (Lipinski definition) is 5. The van der Waals surface area contributed by atoms with Gasteiger partial charge in [-0.05, 0) is 54.6 Å². The first-order valence-corrected chi connectivity index (χ1v) is 15.5. The van der Waals surface area contributed by atoms with Crippen LogP contribution in [-0.4, -0.2) is 24.5 Å². The summed E-state index contributed by atoms with van der Waals surface area (Å²) in [6, 6.07) is 47.1. The number of para-hydroxylation sites is 1. The molecule has 0 unspecified atom stereocenters. The van der Waals surface area contributed by atoms with Crippen LogP contribution in [0.25, 0.3) is 89.9 Å². The van der Waals surface area contributed by atoms with E-state index in [0.29, 0.717) is 28.9 Å². The van der Waals surface area contributed by atoms with Gasteiger partial charge in [-0.15, -0.1) is 5.73 Å². The highest BCUT2D eigenvalue weighted by Crippen LogP contribution is 2.33. The predicted octanol–water partition coefficient (Wildman–Crippen LogP) is 7.84. The summed E-state index contributed by atoms with van der Waals surface area (Å²) in [5, 5.41) is 4.90. The molecule has 0 N–H and O–H groups in total. The van der Waals surface area contributed by atoms with Crippen LogP contribution in [-0.2, 0) is 0 Å². The number of hydrogen-bond donors (Lipinski definition) is 0. The maximum absolute atomic E-state index is 6.32. The highest BCUT2D eigenvalue weighted by Gasteiger charge is 2.18. The Morgan fingerprint density at radius 2 is 1.19 bits per heavy atom. The van der Waals surface area contributed by atoms with Crippen molar-refractivity contribution in [1.82, 2.24) is 24.5 Å². The minimum absolute atomic E-state index is 0.555. The first kappa shape index (κ1) is 25.7. The quantitative estimate of drug-likeness (QED) is 0.201. The van der Waals surface area contributed by atoms with E-state index in [9.17, 15) is 0 Å². The van der Waals surface area contributed by atoms with E-state index in [-0.39, 0.29) is 0 Å². The Morgan fingerprint density at radius 3 is 1.96 bits per heavy atom. The molecule has 0 amide bonds. The van der Waals surface area contributed by atoms with Crippen LogP contribution in [0.5, 0.6) is 0 Å². The summed E-state index contributed by atoms with van der Waals surface area (Å²) in [5.74, 6) is 2.37. The van der Waals surface area contributed by atoms with Gasteiger partial charge in [0, 0.05) is 49.2 Å². The fraction of sp³-hybridized carbons (Fsp3) is 0. The highest BCUT2D eigenvalue weighted by molar-refractivity contribution is 6.10. The lowest BCUT2D eigenvalue weighted by atomic mass is 10.1. The second kappa shape index (κ2) is 9.94. The third-order valence-electron chi connectivity index (χ3n) is 8.73. The van der Waals surface area contributed by atoms with E-state index in [0.717, 1.165) is 44.5 Å². The van der Waals surface area contributed by atoms with E-state index in [2.05, 4.69) is 64.9 Å². The van der Waals surface area contributed by atoms with Crippen molar-refractivity contribution in [2.45, 2.75) is 0 Å². The molecule has 6 aromatic carbocycles. The van der Waals surface area contributed by atoms with Crippen LogP contribution in [0, 0.1) is 0 Å². The Labute approximate surface area is 268 Å². The molecule has 6 nitrogen and oxygen atoms in total. The minimum Gasteiger partial charge on any atom is -0.436 e. The molecule has 0 saturated carbocycles. The average Bonchev–Trinajstić information content (AvgIpc) is 3.68. The molecule has 9 aromatic rings. The molecule has 47 heavy (non-hydrogen) atoms. The molecular formula is C41H23N5O. The summed E-state index contributed by atoms with van der Waals surface area (Å²) in [4.78, 5) is 19.5. The standard InChI is InChI=1S/C41H23N5O/c1-3-10-25(11-4-1)38-43-39(26-12-5-2-6-13-26)45-40(44-38)28-19-21-36-33(24-28)42-41(47-36)29-14-9-15-30(22-29)46-34-17-8-7-16-31(34)37-32-23-27(32)18-20-35(37)46/h1-22,24H. The van der Waals surface area contributed by atoms with Crippen molar-refractivity contribution in [2.24, 2.45) is 0 Å². The lowest BCUT2D eigenvalue weighted by Crippen LogP contribution is -2.07. The number of rotatable bonds is 5. The monoisotopic (exact) mass is 601 g/mol. The summed E-state index contributed by atoms with van der Waals surface area (Å²) in [7, 11) is 0. The molecule has 0 radical (unpaired) electrons. The minimum atomic E-state index is 0.555. The molecule has 0 fully saturated rings. The van der Waals surface area contributed by atoms with Gasteiger partial charge in [-0.3, -0.25) is 0 Å². The maximum Gasteiger partial charge on any atom is 0.227 e. The average molecular weight is 602 g/mol. The number of fused-ring (bicyclic) bond motifs is 6. The molecule has 218 valence electrons.